The molecule has 166 valence electrons. The average Bonchev–Trinajstić information content (AvgIpc) is 2.77. The molecule has 3 rings (SSSR count). The molecule has 0 aliphatic heterocycles. The van der Waals surface area contributed by atoms with Crippen LogP contribution in [0.5, 0.6) is 5.88 Å². The highest BCUT2D eigenvalue weighted by molar-refractivity contribution is 8.00. The van der Waals surface area contributed by atoms with Crippen molar-refractivity contribution in [3.8, 4) is 17.0 Å². The number of nitrogens with one attached hydrogen (secondary N) is 1. The molecule has 0 bridgehead atoms. The highest BCUT2D eigenvalue weighted by Crippen LogP contribution is 2.40. The van der Waals surface area contributed by atoms with Crippen LogP contribution in [-0.2, 0) is 6.18 Å². The molecule has 10 heteroatoms. The summed E-state index contributed by atoms with van der Waals surface area (Å²) in [5, 5.41) is 0.407. The van der Waals surface area contributed by atoms with Gasteiger partial charge in [0.15, 0.2) is 0 Å². The van der Waals surface area contributed by atoms with Crippen LogP contribution in [0.2, 0.25) is 5.02 Å². The first-order valence-electron chi connectivity index (χ1n) is 9.13. The van der Waals surface area contributed by atoms with E-state index in [9.17, 15) is 13.2 Å². The first-order valence-corrected chi connectivity index (χ1v) is 10.3. The lowest BCUT2D eigenvalue weighted by molar-refractivity contribution is -0.137. The second-order valence-electron chi connectivity index (χ2n) is 6.44. The van der Waals surface area contributed by atoms with Gasteiger partial charge in [0.1, 0.15) is 0 Å². The van der Waals surface area contributed by atoms with Gasteiger partial charge in [-0.3, -0.25) is 9.98 Å². The zero-order valence-corrected chi connectivity index (χ0v) is 18.6. The van der Waals surface area contributed by atoms with Crippen LogP contribution in [0.15, 0.2) is 63.5 Å². The summed E-state index contributed by atoms with van der Waals surface area (Å²) in [6.07, 6.45) is -1.56. The number of aromatic nitrogens is 1. The number of pyridine rings is 1. The molecule has 0 atom stereocenters. The molecule has 3 aromatic rings. The minimum Gasteiger partial charge on any atom is -0.480 e. The van der Waals surface area contributed by atoms with Gasteiger partial charge >= 0.3 is 6.18 Å². The maximum Gasteiger partial charge on any atom is 0.417 e. The molecule has 0 aliphatic carbocycles. The van der Waals surface area contributed by atoms with E-state index in [1.165, 1.54) is 31.7 Å². The van der Waals surface area contributed by atoms with Crippen LogP contribution in [0, 0.1) is 0 Å². The molecule has 0 saturated carbocycles. The Morgan fingerprint density at radius 3 is 2.62 bits per heavy atom. The van der Waals surface area contributed by atoms with E-state index in [-0.39, 0.29) is 5.56 Å². The normalized spacial score (nSPS) is 11.6. The molecule has 1 heterocycles. The number of aliphatic imine (C=N–C) groups is 2. The number of benzene rings is 2. The van der Waals surface area contributed by atoms with E-state index in [1.54, 1.807) is 31.3 Å². The van der Waals surface area contributed by atoms with Crippen LogP contribution in [0.1, 0.15) is 11.1 Å². The van der Waals surface area contributed by atoms with Crippen LogP contribution < -0.4 is 9.46 Å². The van der Waals surface area contributed by atoms with E-state index < -0.39 is 11.7 Å². The monoisotopic (exact) mass is 478 g/mol. The molecular weight excluding hydrogens is 461 g/mol. The summed E-state index contributed by atoms with van der Waals surface area (Å²) in [7, 11) is 3.04. The summed E-state index contributed by atoms with van der Waals surface area (Å²) >= 11 is 7.12. The third-order valence-electron chi connectivity index (χ3n) is 4.36. The lowest BCUT2D eigenvalue weighted by Crippen LogP contribution is -2.07. The SMILES string of the molecule is C=Nc1ccc(-c2cc(NSc3cc(Cl)cnc3OC)ccc2C(F)(F)F)cc1C=NC. The van der Waals surface area contributed by atoms with Gasteiger partial charge in [0.2, 0.25) is 5.88 Å². The van der Waals surface area contributed by atoms with Gasteiger partial charge in [-0.15, -0.1) is 0 Å². The van der Waals surface area contributed by atoms with Gasteiger partial charge in [0.05, 0.1) is 28.3 Å². The summed E-state index contributed by atoms with van der Waals surface area (Å²) in [4.78, 5) is 12.5. The number of hydrogen-bond donors (Lipinski definition) is 1. The lowest BCUT2D eigenvalue weighted by Gasteiger charge is -2.16. The first-order chi connectivity index (χ1) is 15.3. The quantitative estimate of drug-likeness (QED) is 0.295. The molecule has 32 heavy (non-hydrogen) atoms. The number of alkyl halides is 3. The van der Waals surface area contributed by atoms with Crippen molar-refractivity contribution in [2.75, 3.05) is 18.9 Å². The molecule has 0 amide bonds. The van der Waals surface area contributed by atoms with Crippen LogP contribution in [0.3, 0.4) is 0 Å². The smallest absolute Gasteiger partial charge is 0.417 e. The van der Waals surface area contributed by atoms with Crippen molar-refractivity contribution in [1.29, 1.82) is 0 Å². The Hall–Kier alpha value is -3.04. The molecule has 0 fully saturated rings. The van der Waals surface area contributed by atoms with E-state index in [0.29, 0.717) is 38.3 Å². The van der Waals surface area contributed by atoms with Gasteiger partial charge in [0.25, 0.3) is 0 Å². The van der Waals surface area contributed by atoms with Gasteiger partial charge in [-0.25, -0.2) is 4.98 Å². The predicted molar refractivity (Wildman–Crippen MR) is 125 cm³/mol. The van der Waals surface area contributed by atoms with Crippen molar-refractivity contribution in [3.63, 3.8) is 0 Å². The molecule has 5 nitrogen and oxygen atoms in total. The van der Waals surface area contributed by atoms with E-state index in [0.717, 1.165) is 18.0 Å². The van der Waals surface area contributed by atoms with Gasteiger partial charge in [-0.1, -0.05) is 17.7 Å². The Labute approximate surface area is 192 Å². The number of nitrogens with zero attached hydrogens (tertiary/aromatic N) is 3. The third kappa shape index (κ3) is 5.41. The zero-order valence-electron chi connectivity index (χ0n) is 17.1. The predicted octanol–water partition coefficient (Wildman–Crippen LogP) is 6.93. The molecule has 1 aromatic heterocycles. The van der Waals surface area contributed by atoms with Crippen molar-refractivity contribution in [2.45, 2.75) is 11.1 Å². The van der Waals surface area contributed by atoms with Crippen molar-refractivity contribution < 1.29 is 17.9 Å². The number of ether oxygens (including phenoxy) is 1. The highest BCUT2D eigenvalue weighted by atomic mass is 35.5. The van der Waals surface area contributed by atoms with Gasteiger partial charge in [-0.2, -0.15) is 13.2 Å². The zero-order chi connectivity index (χ0) is 23.3. The maximum atomic E-state index is 13.7. The second-order valence-corrected chi connectivity index (χ2v) is 7.73. The Bertz CT molecular complexity index is 1170. The molecule has 0 saturated heterocycles. The van der Waals surface area contributed by atoms with Crippen molar-refractivity contribution in [1.82, 2.24) is 4.98 Å². The number of rotatable bonds is 7. The number of hydrogen-bond acceptors (Lipinski definition) is 6. The lowest BCUT2D eigenvalue weighted by atomic mass is 9.96. The van der Waals surface area contributed by atoms with Crippen LogP contribution in [0.4, 0.5) is 24.5 Å². The number of anilines is 1. The van der Waals surface area contributed by atoms with Gasteiger partial charge in [0, 0.05) is 30.7 Å². The summed E-state index contributed by atoms with van der Waals surface area (Å²) in [5.74, 6) is 0.343. The molecule has 0 unspecified atom stereocenters. The van der Waals surface area contributed by atoms with Crippen LogP contribution in [-0.4, -0.2) is 32.1 Å². The highest BCUT2D eigenvalue weighted by Gasteiger charge is 2.34. The standard InChI is InChI=1S/C22H18ClF3N4OS/c1-27-11-14-8-13(4-7-19(14)28-2)17-10-16(5-6-18(17)22(24,25)26)30-32-20-9-15(23)12-29-21(20)31-3/h4-12,30H,2H2,1,3H3. The summed E-state index contributed by atoms with van der Waals surface area (Å²) in [6.45, 7) is 3.49. The minimum absolute atomic E-state index is 0.0145. The van der Waals surface area contributed by atoms with Crippen LogP contribution >= 0.6 is 23.5 Å². The fourth-order valence-corrected chi connectivity index (χ4v) is 3.94. The van der Waals surface area contributed by atoms with Gasteiger partial charge in [-0.05, 0) is 66.2 Å². The first kappa shape index (κ1) is 23.6. The fourth-order valence-electron chi connectivity index (χ4n) is 2.95. The van der Waals surface area contributed by atoms with Crippen molar-refractivity contribution in [2.24, 2.45) is 9.98 Å². The maximum absolute atomic E-state index is 13.7. The average molecular weight is 479 g/mol. The largest absolute Gasteiger partial charge is 0.480 e. The summed E-state index contributed by atoms with van der Waals surface area (Å²) < 4.78 is 49.4. The van der Waals surface area contributed by atoms with E-state index in [1.807, 2.05) is 0 Å². The number of halogens is 4. The number of methoxy groups -OCH3 is 1. The summed E-state index contributed by atoms with van der Waals surface area (Å²) in [5.41, 5.74) is 1.18. The third-order valence-corrected chi connectivity index (χ3v) is 5.42. The van der Waals surface area contributed by atoms with E-state index in [4.69, 9.17) is 16.3 Å². The topological polar surface area (TPSA) is 58.9 Å². The Balaban J connectivity index is 2.02. The summed E-state index contributed by atoms with van der Waals surface area (Å²) in [6, 6.07) is 10.3. The van der Waals surface area contributed by atoms with Gasteiger partial charge < -0.3 is 9.46 Å². The Morgan fingerprint density at radius 1 is 1.19 bits per heavy atom. The van der Waals surface area contributed by atoms with E-state index in [2.05, 4.69) is 26.4 Å². The molecule has 2 aromatic carbocycles. The fraction of sp³-hybridized carbons (Fsp3) is 0.136. The molecule has 0 radical (unpaired) electrons. The minimum atomic E-state index is -4.53. The molecule has 0 spiro atoms. The molecule has 1 N–H and O–H groups in total. The molecule has 0 aliphatic rings. The second kappa shape index (κ2) is 10.1. The Morgan fingerprint density at radius 2 is 1.97 bits per heavy atom. The van der Waals surface area contributed by atoms with Crippen molar-refractivity contribution in [3.05, 3.63) is 64.8 Å². The van der Waals surface area contributed by atoms with Crippen LogP contribution in [0.25, 0.3) is 11.1 Å². The Kier molecular flexibility index (Phi) is 7.42. The van der Waals surface area contributed by atoms with E-state index >= 15 is 0 Å². The molecular formula is C22H18ClF3N4OS. The van der Waals surface area contributed by atoms with Crippen molar-refractivity contribution >= 4 is 47.9 Å².